The van der Waals surface area contributed by atoms with Gasteiger partial charge in [0.2, 0.25) is 5.91 Å². The Morgan fingerprint density at radius 2 is 1.40 bits per heavy atom. The number of amides is 1. The van der Waals surface area contributed by atoms with E-state index in [1.165, 1.54) is 94.8 Å². The molecule has 0 fully saturated rings. The number of aromatic nitrogens is 1. The van der Waals surface area contributed by atoms with E-state index in [2.05, 4.69) is 17.2 Å². The van der Waals surface area contributed by atoms with Crippen molar-refractivity contribution in [2.45, 2.75) is 110 Å². The zero-order valence-corrected chi connectivity index (χ0v) is 20.3. The Morgan fingerprint density at radius 1 is 0.867 bits per heavy atom. The fourth-order valence-corrected chi connectivity index (χ4v) is 4.95. The van der Waals surface area contributed by atoms with E-state index in [9.17, 15) is 4.79 Å². The summed E-state index contributed by atoms with van der Waals surface area (Å²) in [6, 6.07) is 5.60. The number of hydrogen-bond acceptors (Lipinski definition) is 3. The summed E-state index contributed by atoms with van der Waals surface area (Å²) in [5, 5.41) is 4.29. The van der Waals surface area contributed by atoms with Gasteiger partial charge in [-0.2, -0.15) is 0 Å². The first-order valence-electron chi connectivity index (χ1n) is 12.0. The van der Waals surface area contributed by atoms with Crippen molar-refractivity contribution >= 4 is 44.2 Å². The molecule has 0 bridgehead atoms. The highest BCUT2D eigenvalue weighted by atomic mass is 35.5. The predicted molar refractivity (Wildman–Crippen MR) is 133 cm³/mol. The molecule has 0 atom stereocenters. The van der Waals surface area contributed by atoms with Crippen LogP contribution in [0.4, 0.5) is 5.13 Å². The molecule has 1 aromatic carbocycles. The molecule has 2 rings (SSSR count). The highest BCUT2D eigenvalue weighted by Gasteiger charge is 2.08. The Kier molecular flexibility index (Phi) is 13.1. The van der Waals surface area contributed by atoms with Gasteiger partial charge in [-0.1, -0.05) is 120 Å². The van der Waals surface area contributed by atoms with Gasteiger partial charge >= 0.3 is 0 Å². The highest BCUT2D eigenvalue weighted by Crippen LogP contribution is 2.28. The third-order valence-corrected chi connectivity index (χ3v) is 6.77. The SMILES string of the molecule is CCCCCCCCCCCCCCCCCC(=O)Nc1nc2ccc(Cl)cc2s1. The van der Waals surface area contributed by atoms with Gasteiger partial charge < -0.3 is 5.32 Å². The molecule has 5 heteroatoms. The molecule has 168 valence electrons. The highest BCUT2D eigenvalue weighted by molar-refractivity contribution is 7.22. The summed E-state index contributed by atoms with van der Waals surface area (Å²) in [5.41, 5.74) is 0.881. The van der Waals surface area contributed by atoms with Gasteiger partial charge in [0, 0.05) is 11.4 Å². The third kappa shape index (κ3) is 10.8. The molecule has 0 radical (unpaired) electrons. The maximum atomic E-state index is 12.1. The number of nitrogens with one attached hydrogen (secondary N) is 1. The zero-order valence-electron chi connectivity index (χ0n) is 18.7. The molecule has 2 aromatic rings. The Labute approximate surface area is 192 Å². The van der Waals surface area contributed by atoms with Crippen LogP contribution in [0.2, 0.25) is 5.02 Å². The first kappa shape index (κ1) is 25.1. The van der Waals surface area contributed by atoms with Crippen molar-refractivity contribution in [3.8, 4) is 0 Å². The number of carbonyl (C=O) groups is 1. The van der Waals surface area contributed by atoms with E-state index in [1.54, 1.807) is 0 Å². The second-order valence-electron chi connectivity index (χ2n) is 8.38. The third-order valence-electron chi connectivity index (χ3n) is 5.60. The van der Waals surface area contributed by atoms with Crippen molar-refractivity contribution in [3.63, 3.8) is 0 Å². The smallest absolute Gasteiger partial charge is 0.226 e. The molecule has 0 saturated carbocycles. The molecule has 1 aromatic heterocycles. The van der Waals surface area contributed by atoms with Gasteiger partial charge in [-0.05, 0) is 24.6 Å². The van der Waals surface area contributed by atoms with Crippen molar-refractivity contribution in [1.82, 2.24) is 4.98 Å². The second-order valence-corrected chi connectivity index (χ2v) is 9.85. The lowest BCUT2D eigenvalue weighted by atomic mass is 10.0. The van der Waals surface area contributed by atoms with E-state index in [-0.39, 0.29) is 5.91 Å². The van der Waals surface area contributed by atoms with Crippen molar-refractivity contribution in [3.05, 3.63) is 23.2 Å². The number of benzene rings is 1. The Morgan fingerprint density at radius 3 is 1.97 bits per heavy atom. The Bertz CT molecular complexity index is 731. The van der Waals surface area contributed by atoms with E-state index >= 15 is 0 Å². The van der Waals surface area contributed by atoms with Gasteiger partial charge in [0.05, 0.1) is 10.2 Å². The number of nitrogens with zero attached hydrogens (tertiary/aromatic N) is 1. The molecule has 1 N–H and O–H groups in total. The number of fused-ring (bicyclic) bond motifs is 1. The number of anilines is 1. The number of rotatable bonds is 17. The normalized spacial score (nSPS) is 11.3. The van der Waals surface area contributed by atoms with Gasteiger partial charge in [-0.3, -0.25) is 4.79 Å². The zero-order chi connectivity index (χ0) is 21.4. The minimum Gasteiger partial charge on any atom is -0.302 e. The largest absolute Gasteiger partial charge is 0.302 e. The maximum absolute atomic E-state index is 12.1. The van der Waals surface area contributed by atoms with Crippen LogP contribution in [0.5, 0.6) is 0 Å². The monoisotopic (exact) mass is 450 g/mol. The van der Waals surface area contributed by atoms with Gasteiger partial charge in [0.1, 0.15) is 0 Å². The summed E-state index contributed by atoms with van der Waals surface area (Å²) in [5.74, 6) is 0.0647. The van der Waals surface area contributed by atoms with Crippen LogP contribution in [0.15, 0.2) is 18.2 Å². The van der Waals surface area contributed by atoms with E-state index in [0.29, 0.717) is 16.6 Å². The van der Waals surface area contributed by atoms with Crippen LogP contribution in [-0.2, 0) is 4.79 Å². The Balaban J connectivity index is 1.39. The van der Waals surface area contributed by atoms with E-state index in [0.717, 1.165) is 23.1 Å². The number of halogens is 1. The van der Waals surface area contributed by atoms with E-state index < -0.39 is 0 Å². The summed E-state index contributed by atoms with van der Waals surface area (Å²) in [6.07, 6.45) is 20.6. The molecule has 0 aliphatic rings. The lowest BCUT2D eigenvalue weighted by Crippen LogP contribution is -2.10. The molecule has 0 aliphatic heterocycles. The van der Waals surface area contributed by atoms with Crippen LogP contribution in [0.25, 0.3) is 10.2 Å². The molecule has 0 aliphatic carbocycles. The molecule has 30 heavy (non-hydrogen) atoms. The molecule has 3 nitrogen and oxygen atoms in total. The van der Waals surface area contributed by atoms with Crippen molar-refractivity contribution in [2.75, 3.05) is 5.32 Å². The molecule has 1 heterocycles. The molecular weight excluding hydrogens is 412 g/mol. The van der Waals surface area contributed by atoms with Gasteiger partial charge in [0.25, 0.3) is 0 Å². The molecule has 0 saturated heterocycles. The average Bonchev–Trinajstić information content (AvgIpc) is 3.12. The van der Waals surface area contributed by atoms with Crippen molar-refractivity contribution in [2.24, 2.45) is 0 Å². The summed E-state index contributed by atoms with van der Waals surface area (Å²) in [4.78, 5) is 16.6. The minimum absolute atomic E-state index is 0.0647. The van der Waals surface area contributed by atoms with E-state index in [4.69, 9.17) is 11.6 Å². The quantitative estimate of drug-likeness (QED) is 0.244. The molecule has 0 spiro atoms. The van der Waals surface area contributed by atoms with Gasteiger partial charge in [-0.15, -0.1) is 0 Å². The van der Waals surface area contributed by atoms with Crippen molar-refractivity contribution < 1.29 is 4.79 Å². The van der Waals surface area contributed by atoms with Crippen LogP contribution in [0.1, 0.15) is 110 Å². The minimum atomic E-state index is 0.0647. The number of unbranched alkanes of at least 4 members (excludes halogenated alkanes) is 14. The standard InChI is InChI=1S/C25H39ClN2OS/c1-2-3-4-5-6-7-8-9-10-11-12-13-14-15-16-17-24(29)28-25-27-22-19-18-21(26)20-23(22)30-25/h18-20H,2-17H2,1H3,(H,27,28,29). The van der Waals surface area contributed by atoms with Crippen LogP contribution >= 0.6 is 22.9 Å². The first-order chi connectivity index (χ1) is 14.7. The first-order valence-corrected chi connectivity index (χ1v) is 13.2. The fraction of sp³-hybridized carbons (Fsp3) is 0.680. The predicted octanol–water partition coefficient (Wildman–Crippen LogP) is 9.15. The van der Waals surface area contributed by atoms with Crippen LogP contribution in [0, 0.1) is 0 Å². The van der Waals surface area contributed by atoms with Crippen LogP contribution in [0.3, 0.4) is 0 Å². The van der Waals surface area contributed by atoms with Gasteiger partial charge in [-0.25, -0.2) is 4.98 Å². The van der Waals surface area contributed by atoms with Gasteiger partial charge in [0.15, 0.2) is 5.13 Å². The average molecular weight is 451 g/mol. The van der Waals surface area contributed by atoms with Crippen LogP contribution in [-0.4, -0.2) is 10.9 Å². The number of carbonyl (C=O) groups excluding carboxylic acids is 1. The second kappa shape index (κ2) is 15.6. The maximum Gasteiger partial charge on any atom is 0.226 e. The lowest BCUT2D eigenvalue weighted by molar-refractivity contribution is -0.116. The Hall–Kier alpha value is -1.13. The molecular formula is C25H39ClN2OS. The van der Waals surface area contributed by atoms with Crippen molar-refractivity contribution in [1.29, 1.82) is 0 Å². The van der Waals surface area contributed by atoms with Crippen LogP contribution < -0.4 is 5.32 Å². The topological polar surface area (TPSA) is 42.0 Å². The molecule has 1 amide bonds. The summed E-state index contributed by atoms with van der Waals surface area (Å²) < 4.78 is 1.00. The summed E-state index contributed by atoms with van der Waals surface area (Å²) in [7, 11) is 0. The molecule has 0 unspecified atom stereocenters. The number of thiazole rings is 1. The summed E-state index contributed by atoms with van der Waals surface area (Å²) >= 11 is 7.48. The summed E-state index contributed by atoms with van der Waals surface area (Å²) in [6.45, 7) is 2.28. The lowest BCUT2D eigenvalue weighted by Gasteiger charge is -2.04. The van der Waals surface area contributed by atoms with E-state index in [1.807, 2.05) is 18.2 Å². The number of hydrogen-bond donors (Lipinski definition) is 1. The fourth-order valence-electron chi connectivity index (χ4n) is 3.79.